The standard InChI is InChI=1S/C17H21N3O/c1-17(2,3)12-5-7-13(8-6-12)20-15-10-11(16(19)21)4-9-14(15)18/h4-10,20H,18H2,1-3H3,(H2,19,21). The summed E-state index contributed by atoms with van der Waals surface area (Å²) in [5.74, 6) is -0.471. The molecular weight excluding hydrogens is 262 g/mol. The molecule has 2 aromatic carbocycles. The first kappa shape index (κ1) is 14.9. The van der Waals surface area contributed by atoms with Gasteiger partial charge in [-0.2, -0.15) is 0 Å². The van der Waals surface area contributed by atoms with Crippen molar-refractivity contribution in [3.8, 4) is 0 Å². The zero-order valence-corrected chi connectivity index (χ0v) is 12.6. The molecule has 2 aromatic rings. The molecule has 0 saturated carbocycles. The molecule has 0 aliphatic rings. The van der Waals surface area contributed by atoms with E-state index in [2.05, 4.69) is 38.2 Å². The highest BCUT2D eigenvalue weighted by molar-refractivity contribution is 5.95. The number of amides is 1. The number of nitrogens with two attached hydrogens (primary N) is 2. The number of carbonyl (C=O) groups is 1. The number of benzene rings is 2. The second-order valence-corrected chi connectivity index (χ2v) is 6.12. The van der Waals surface area contributed by atoms with Crippen molar-refractivity contribution in [2.24, 2.45) is 5.73 Å². The Labute approximate surface area is 125 Å². The van der Waals surface area contributed by atoms with Crippen molar-refractivity contribution in [2.75, 3.05) is 11.1 Å². The molecule has 0 heterocycles. The van der Waals surface area contributed by atoms with E-state index in [1.807, 2.05) is 12.1 Å². The molecule has 0 aromatic heterocycles. The van der Waals surface area contributed by atoms with Crippen LogP contribution in [0.2, 0.25) is 0 Å². The quantitative estimate of drug-likeness (QED) is 0.755. The van der Waals surface area contributed by atoms with E-state index in [1.165, 1.54) is 5.56 Å². The van der Waals surface area contributed by atoms with Crippen LogP contribution in [0.1, 0.15) is 36.7 Å². The second kappa shape index (κ2) is 5.48. The van der Waals surface area contributed by atoms with Crippen molar-refractivity contribution < 1.29 is 4.79 Å². The number of primary amides is 1. The van der Waals surface area contributed by atoms with Crippen molar-refractivity contribution in [1.82, 2.24) is 0 Å². The summed E-state index contributed by atoms with van der Waals surface area (Å²) in [6.45, 7) is 6.51. The van der Waals surface area contributed by atoms with Gasteiger partial charge in [-0.3, -0.25) is 4.79 Å². The van der Waals surface area contributed by atoms with Gasteiger partial charge in [0.2, 0.25) is 5.91 Å². The van der Waals surface area contributed by atoms with E-state index in [-0.39, 0.29) is 5.41 Å². The fraction of sp³-hybridized carbons (Fsp3) is 0.235. The van der Waals surface area contributed by atoms with Crippen molar-refractivity contribution in [2.45, 2.75) is 26.2 Å². The van der Waals surface area contributed by atoms with E-state index < -0.39 is 5.91 Å². The number of hydrogen-bond acceptors (Lipinski definition) is 3. The van der Waals surface area contributed by atoms with Crippen LogP contribution in [0.25, 0.3) is 0 Å². The Morgan fingerprint density at radius 2 is 1.67 bits per heavy atom. The third-order valence-electron chi connectivity index (χ3n) is 3.37. The number of hydrogen-bond donors (Lipinski definition) is 3. The predicted molar refractivity (Wildman–Crippen MR) is 87.8 cm³/mol. The summed E-state index contributed by atoms with van der Waals surface area (Å²) >= 11 is 0. The predicted octanol–water partition coefficient (Wildman–Crippen LogP) is 3.41. The number of rotatable bonds is 3. The maximum Gasteiger partial charge on any atom is 0.248 e. The zero-order valence-electron chi connectivity index (χ0n) is 12.6. The van der Waals surface area contributed by atoms with Gasteiger partial charge in [-0.05, 0) is 41.3 Å². The van der Waals surface area contributed by atoms with Gasteiger partial charge in [0.1, 0.15) is 0 Å². The monoisotopic (exact) mass is 283 g/mol. The normalized spacial score (nSPS) is 11.2. The zero-order chi connectivity index (χ0) is 15.6. The molecule has 0 aliphatic heterocycles. The smallest absolute Gasteiger partial charge is 0.248 e. The summed E-state index contributed by atoms with van der Waals surface area (Å²) in [5.41, 5.74) is 15.2. The van der Waals surface area contributed by atoms with Crippen LogP contribution in [-0.2, 0) is 5.41 Å². The number of anilines is 3. The molecular formula is C17H21N3O. The Morgan fingerprint density at radius 1 is 1.05 bits per heavy atom. The largest absolute Gasteiger partial charge is 0.397 e. The molecule has 0 bridgehead atoms. The topological polar surface area (TPSA) is 81.1 Å². The molecule has 2 rings (SSSR count). The summed E-state index contributed by atoms with van der Waals surface area (Å²) in [4.78, 5) is 11.2. The Balaban J connectivity index is 2.26. The summed E-state index contributed by atoms with van der Waals surface area (Å²) in [6.07, 6.45) is 0. The Bertz CT molecular complexity index is 655. The first-order valence-electron chi connectivity index (χ1n) is 6.84. The Kier molecular flexibility index (Phi) is 3.89. The van der Waals surface area contributed by atoms with E-state index in [9.17, 15) is 4.79 Å². The van der Waals surface area contributed by atoms with Gasteiger partial charge in [0.25, 0.3) is 0 Å². The van der Waals surface area contributed by atoms with Crippen LogP contribution in [0.4, 0.5) is 17.1 Å². The van der Waals surface area contributed by atoms with Crippen LogP contribution in [0, 0.1) is 0 Å². The first-order chi connectivity index (χ1) is 9.77. The summed E-state index contributed by atoms with van der Waals surface area (Å²) < 4.78 is 0. The molecule has 0 fully saturated rings. The van der Waals surface area contributed by atoms with E-state index in [4.69, 9.17) is 11.5 Å². The van der Waals surface area contributed by atoms with E-state index in [1.54, 1.807) is 18.2 Å². The minimum atomic E-state index is -0.471. The van der Waals surface area contributed by atoms with E-state index >= 15 is 0 Å². The SMILES string of the molecule is CC(C)(C)c1ccc(Nc2cc(C(N)=O)ccc2N)cc1. The van der Waals surface area contributed by atoms with Crippen LogP contribution >= 0.6 is 0 Å². The molecule has 0 unspecified atom stereocenters. The van der Waals surface area contributed by atoms with Crippen LogP contribution in [-0.4, -0.2) is 5.91 Å². The van der Waals surface area contributed by atoms with Crippen LogP contribution in [0.15, 0.2) is 42.5 Å². The molecule has 0 aliphatic carbocycles. The Morgan fingerprint density at radius 3 is 2.19 bits per heavy atom. The van der Waals surface area contributed by atoms with Gasteiger partial charge in [0, 0.05) is 11.3 Å². The third-order valence-corrected chi connectivity index (χ3v) is 3.37. The van der Waals surface area contributed by atoms with Gasteiger partial charge in [0.05, 0.1) is 11.4 Å². The van der Waals surface area contributed by atoms with Gasteiger partial charge in [0.15, 0.2) is 0 Å². The number of nitrogens with one attached hydrogen (secondary N) is 1. The molecule has 0 atom stereocenters. The molecule has 4 nitrogen and oxygen atoms in total. The van der Waals surface area contributed by atoms with E-state index in [0.717, 1.165) is 5.69 Å². The van der Waals surface area contributed by atoms with Crippen LogP contribution in [0.3, 0.4) is 0 Å². The fourth-order valence-electron chi connectivity index (χ4n) is 2.03. The molecule has 5 N–H and O–H groups in total. The number of carbonyl (C=O) groups excluding carboxylic acids is 1. The van der Waals surface area contributed by atoms with Crippen LogP contribution < -0.4 is 16.8 Å². The van der Waals surface area contributed by atoms with Gasteiger partial charge < -0.3 is 16.8 Å². The number of nitrogen functional groups attached to an aromatic ring is 1. The summed E-state index contributed by atoms with van der Waals surface area (Å²) in [5, 5.41) is 3.21. The molecule has 4 heteroatoms. The Hall–Kier alpha value is -2.49. The van der Waals surface area contributed by atoms with Crippen LogP contribution in [0.5, 0.6) is 0 Å². The average Bonchev–Trinajstić information content (AvgIpc) is 2.40. The molecule has 0 radical (unpaired) electrons. The minimum absolute atomic E-state index is 0.115. The highest BCUT2D eigenvalue weighted by atomic mass is 16.1. The molecule has 0 saturated heterocycles. The lowest BCUT2D eigenvalue weighted by Gasteiger charge is -2.19. The molecule has 110 valence electrons. The van der Waals surface area contributed by atoms with Crippen molar-refractivity contribution in [3.05, 3.63) is 53.6 Å². The van der Waals surface area contributed by atoms with Crippen molar-refractivity contribution >= 4 is 23.0 Å². The van der Waals surface area contributed by atoms with Gasteiger partial charge in [-0.25, -0.2) is 0 Å². The fourth-order valence-corrected chi connectivity index (χ4v) is 2.03. The van der Waals surface area contributed by atoms with Crippen molar-refractivity contribution in [1.29, 1.82) is 0 Å². The van der Waals surface area contributed by atoms with Gasteiger partial charge >= 0.3 is 0 Å². The van der Waals surface area contributed by atoms with Gasteiger partial charge in [-0.15, -0.1) is 0 Å². The molecule has 1 amide bonds. The van der Waals surface area contributed by atoms with E-state index in [0.29, 0.717) is 16.9 Å². The average molecular weight is 283 g/mol. The lowest BCUT2D eigenvalue weighted by atomic mass is 9.87. The van der Waals surface area contributed by atoms with Crippen molar-refractivity contribution in [3.63, 3.8) is 0 Å². The maximum atomic E-state index is 11.2. The highest BCUT2D eigenvalue weighted by Gasteiger charge is 2.13. The molecule has 21 heavy (non-hydrogen) atoms. The second-order valence-electron chi connectivity index (χ2n) is 6.12. The lowest BCUT2D eigenvalue weighted by molar-refractivity contribution is 0.100. The third kappa shape index (κ3) is 3.54. The maximum absolute atomic E-state index is 11.2. The highest BCUT2D eigenvalue weighted by Crippen LogP contribution is 2.27. The summed E-state index contributed by atoms with van der Waals surface area (Å²) in [7, 11) is 0. The van der Waals surface area contributed by atoms with Gasteiger partial charge in [-0.1, -0.05) is 32.9 Å². The first-order valence-corrected chi connectivity index (χ1v) is 6.84. The molecule has 0 spiro atoms. The lowest BCUT2D eigenvalue weighted by Crippen LogP contribution is -2.12. The minimum Gasteiger partial charge on any atom is -0.397 e. The summed E-state index contributed by atoms with van der Waals surface area (Å²) in [6, 6.07) is 13.1.